The minimum absolute atomic E-state index is 1.10. The molecule has 0 aliphatic rings. The molecule has 0 saturated heterocycles. The van der Waals surface area contributed by atoms with Crippen molar-refractivity contribution in [2.75, 3.05) is 4.90 Å². The number of anilines is 3. The van der Waals surface area contributed by atoms with Crippen LogP contribution in [0.2, 0.25) is 0 Å². The SMILES string of the molecule is c1cc(-c2ccc(N(c3ccc(-c4cccc(-c5cccc6c5sc5ccccc56)c4)cc3)c3ccc(-c4ccc5ccccc5c4)cc3)cc2)cc(-c2cccc3ccccc23)c1. The van der Waals surface area contributed by atoms with Gasteiger partial charge >= 0.3 is 0 Å². The fourth-order valence-electron chi connectivity index (χ4n) is 9.41. The normalized spacial score (nSPS) is 11.4. The Morgan fingerprint density at radius 2 is 0.688 bits per heavy atom. The summed E-state index contributed by atoms with van der Waals surface area (Å²) in [5.41, 5.74) is 15.4. The molecule has 0 N–H and O–H groups in total. The largest absolute Gasteiger partial charge is 0.311 e. The van der Waals surface area contributed by atoms with Gasteiger partial charge in [-0.3, -0.25) is 0 Å². The Bertz CT molecular complexity index is 3650. The molecule has 0 amide bonds. The van der Waals surface area contributed by atoms with E-state index in [0.29, 0.717) is 0 Å². The van der Waals surface area contributed by atoms with E-state index in [2.05, 4.69) is 254 Å². The van der Waals surface area contributed by atoms with Crippen LogP contribution in [0.15, 0.2) is 249 Å². The maximum atomic E-state index is 2.36. The Balaban J connectivity index is 0.897. The standard InChI is InChI=1S/C62H41NS/c1-2-13-47-39-50(26-25-42(47)11-1)45-31-37-55(38-32-45)63(53-33-27-43(28-34-53)48-15-7-17-51(40-48)57-21-9-14-46-12-3-4-19-56(46)57)54-35-29-44(30-36-54)49-16-8-18-52(41-49)58-22-10-23-60-59-20-5-6-24-61(59)64-62(58)60/h1-41H. The van der Waals surface area contributed by atoms with Gasteiger partial charge in [-0.05, 0) is 138 Å². The summed E-state index contributed by atoms with van der Waals surface area (Å²) < 4.78 is 2.66. The van der Waals surface area contributed by atoms with E-state index in [9.17, 15) is 0 Å². The van der Waals surface area contributed by atoms with Crippen molar-refractivity contribution in [2.24, 2.45) is 0 Å². The van der Waals surface area contributed by atoms with Gasteiger partial charge in [0.25, 0.3) is 0 Å². The molecule has 2 heteroatoms. The zero-order valence-corrected chi connectivity index (χ0v) is 35.8. The molecule has 1 heterocycles. The number of hydrogen-bond acceptors (Lipinski definition) is 2. The number of benzene rings is 11. The molecule has 0 atom stereocenters. The van der Waals surface area contributed by atoms with E-state index in [4.69, 9.17) is 0 Å². The van der Waals surface area contributed by atoms with Gasteiger partial charge in [0.05, 0.1) is 0 Å². The summed E-state index contributed by atoms with van der Waals surface area (Å²) in [6.07, 6.45) is 0. The Morgan fingerprint density at radius 1 is 0.250 bits per heavy atom. The van der Waals surface area contributed by atoms with Gasteiger partial charge in [-0.25, -0.2) is 0 Å². The van der Waals surface area contributed by atoms with Crippen LogP contribution in [0.25, 0.3) is 97.4 Å². The predicted octanol–water partition coefficient (Wildman–Crippen LogP) is 18.2. The summed E-state index contributed by atoms with van der Waals surface area (Å²) in [4.78, 5) is 2.36. The van der Waals surface area contributed by atoms with E-state index in [1.54, 1.807) is 0 Å². The van der Waals surface area contributed by atoms with Crippen LogP contribution in [-0.4, -0.2) is 0 Å². The number of rotatable bonds is 8. The fraction of sp³-hybridized carbons (Fsp3) is 0. The Labute approximate surface area is 377 Å². The number of hydrogen-bond donors (Lipinski definition) is 0. The average Bonchev–Trinajstić information content (AvgIpc) is 3.76. The Kier molecular flexibility index (Phi) is 9.43. The van der Waals surface area contributed by atoms with Crippen molar-refractivity contribution >= 4 is 70.1 Å². The molecule has 300 valence electrons. The first kappa shape index (κ1) is 37.7. The lowest BCUT2D eigenvalue weighted by molar-refractivity contribution is 1.28. The van der Waals surface area contributed by atoms with Crippen LogP contribution in [0.4, 0.5) is 17.1 Å². The highest BCUT2D eigenvalue weighted by Gasteiger charge is 2.16. The van der Waals surface area contributed by atoms with Gasteiger partial charge in [-0.2, -0.15) is 0 Å². The van der Waals surface area contributed by atoms with Gasteiger partial charge in [0.1, 0.15) is 0 Å². The van der Waals surface area contributed by atoms with Crippen molar-refractivity contribution in [3.63, 3.8) is 0 Å². The van der Waals surface area contributed by atoms with E-state index in [1.165, 1.54) is 97.4 Å². The molecule has 0 aliphatic carbocycles. The summed E-state index contributed by atoms with van der Waals surface area (Å²) >= 11 is 1.88. The van der Waals surface area contributed by atoms with Gasteiger partial charge in [-0.15, -0.1) is 11.3 Å². The van der Waals surface area contributed by atoms with Crippen molar-refractivity contribution in [3.8, 4) is 55.6 Å². The second kappa shape index (κ2) is 16.0. The topological polar surface area (TPSA) is 3.24 Å². The molecule has 0 radical (unpaired) electrons. The van der Waals surface area contributed by atoms with Crippen LogP contribution in [0.3, 0.4) is 0 Å². The zero-order valence-electron chi connectivity index (χ0n) is 35.0. The molecular weight excluding hydrogens is 791 g/mol. The molecular formula is C62H41NS. The van der Waals surface area contributed by atoms with Crippen LogP contribution in [0.5, 0.6) is 0 Å². The lowest BCUT2D eigenvalue weighted by Gasteiger charge is -2.26. The van der Waals surface area contributed by atoms with Crippen LogP contribution in [0, 0.1) is 0 Å². The minimum Gasteiger partial charge on any atom is -0.311 e. The molecule has 11 aromatic carbocycles. The highest BCUT2D eigenvalue weighted by atomic mass is 32.1. The van der Waals surface area contributed by atoms with Crippen molar-refractivity contribution in [1.82, 2.24) is 0 Å². The van der Waals surface area contributed by atoms with Crippen LogP contribution < -0.4 is 4.90 Å². The maximum Gasteiger partial charge on any atom is 0.0462 e. The van der Waals surface area contributed by atoms with Crippen molar-refractivity contribution in [1.29, 1.82) is 0 Å². The quantitative estimate of drug-likeness (QED) is 0.147. The molecule has 0 aliphatic heterocycles. The van der Waals surface area contributed by atoms with E-state index in [0.717, 1.165) is 17.1 Å². The fourth-order valence-corrected chi connectivity index (χ4v) is 10.6. The molecule has 12 aromatic rings. The highest BCUT2D eigenvalue weighted by Crippen LogP contribution is 2.42. The second-order valence-corrected chi connectivity index (χ2v) is 17.6. The highest BCUT2D eigenvalue weighted by molar-refractivity contribution is 7.26. The first-order valence-corrected chi connectivity index (χ1v) is 22.7. The third-order valence-electron chi connectivity index (χ3n) is 12.7. The van der Waals surface area contributed by atoms with E-state index < -0.39 is 0 Å². The number of nitrogens with zero attached hydrogens (tertiary/aromatic N) is 1. The monoisotopic (exact) mass is 831 g/mol. The van der Waals surface area contributed by atoms with Gasteiger partial charge in [0.15, 0.2) is 0 Å². The smallest absolute Gasteiger partial charge is 0.0462 e. The maximum absolute atomic E-state index is 2.36. The van der Waals surface area contributed by atoms with Gasteiger partial charge in [-0.1, -0.05) is 188 Å². The lowest BCUT2D eigenvalue weighted by atomic mass is 9.95. The zero-order chi connectivity index (χ0) is 42.4. The van der Waals surface area contributed by atoms with Crippen LogP contribution in [0.1, 0.15) is 0 Å². The van der Waals surface area contributed by atoms with E-state index in [-0.39, 0.29) is 0 Å². The molecule has 64 heavy (non-hydrogen) atoms. The Hall–Kier alpha value is -8.04. The van der Waals surface area contributed by atoms with Crippen molar-refractivity contribution in [2.45, 2.75) is 0 Å². The number of thiophene rings is 1. The van der Waals surface area contributed by atoms with Crippen LogP contribution >= 0.6 is 11.3 Å². The summed E-state index contributed by atoms with van der Waals surface area (Å²) in [6.45, 7) is 0. The summed E-state index contributed by atoms with van der Waals surface area (Å²) in [7, 11) is 0. The minimum atomic E-state index is 1.10. The first-order valence-electron chi connectivity index (χ1n) is 21.9. The third-order valence-corrected chi connectivity index (χ3v) is 13.9. The molecule has 1 nitrogen and oxygen atoms in total. The van der Waals surface area contributed by atoms with Gasteiger partial charge in [0.2, 0.25) is 0 Å². The predicted molar refractivity (Wildman–Crippen MR) is 276 cm³/mol. The molecule has 1 aromatic heterocycles. The molecule has 0 bridgehead atoms. The van der Waals surface area contributed by atoms with Crippen LogP contribution in [-0.2, 0) is 0 Å². The molecule has 0 unspecified atom stereocenters. The summed E-state index contributed by atoms with van der Waals surface area (Å²) in [6, 6.07) is 90.8. The molecule has 0 spiro atoms. The summed E-state index contributed by atoms with van der Waals surface area (Å²) in [5.74, 6) is 0. The lowest BCUT2D eigenvalue weighted by Crippen LogP contribution is -2.09. The first-order chi connectivity index (χ1) is 31.7. The molecule has 0 fully saturated rings. The van der Waals surface area contributed by atoms with E-state index in [1.807, 2.05) is 11.3 Å². The van der Waals surface area contributed by atoms with Gasteiger partial charge < -0.3 is 4.90 Å². The van der Waals surface area contributed by atoms with E-state index >= 15 is 0 Å². The van der Waals surface area contributed by atoms with Crippen molar-refractivity contribution < 1.29 is 0 Å². The Morgan fingerprint density at radius 3 is 1.34 bits per heavy atom. The summed E-state index contributed by atoms with van der Waals surface area (Å²) in [5, 5.41) is 7.66. The van der Waals surface area contributed by atoms with Crippen molar-refractivity contribution in [3.05, 3.63) is 249 Å². The average molecular weight is 832 g/mol. The molecule has 0 saturated carbocycles. The second-order valence-electron chi connectivity index (χ2n) is 16.5. The number of fused-ring (bicyclic) bond motifs is 5. The van der Waals surface area contributed by atoms with Gasteiger partial charge in [0, 0.05) is 37.2 Å². The third kappa shape index (κ3) is 6.91. The molecule has 12 rings (SSSR count).